The molecule has 0 saturated heterocycles. The average Bonchev–Trinajstić information content (AvgIpc) is 2.85. The predicted molar refractivity (Wildman–Crippen MR) is 77.3 cm³/mol. The molecule has 0 aliphatic rings. The molecule has 8 heteroatoms. The van der Waals surface area contributed by atoms with Gasteiger partial charge in [-0.1, -0.05) is 23.9 Å². The molecule has 2 aromatic rings. The maximum Gasteiger partial charge on any atom is 0.313 e. The fraction of sp³-hybridized carbons (Fsp3) is 0.167. The van der Waals surface area contributed by atoms with Gasteiger partial charge in [-0.15, -0.1) is 11.3 Å². The monoisotopic (exact) mass is 310 g/mol. The van der Waals surface area contributed by atoms with Gasteiger partial charge in [0.1, 0.15) is 0 Å². The molecule has 0 aliphatic heterocycles. The second-order valence-electron chi connectivity index (χ2n) is 3.94. The zero-order valence-electron chi connectivity index (χ0n) is 10.4. The molecule has 0 unspecified atom stereocenters. The summed E-state index contributed by atoms with van der Waals surface area (Å²) < 4.78 is 0.630. The Hall–Kier alpha value is -1.93. The summed E-state index contributed by atoms with van der Waals surface area (Å²) in [5.74, 6) is -0.959. The molecule has 0 aliphatic carbocycles. The third kappa shape index (κ3) is 3.34. The molecule has 0 fully saturated rings. The number of thiazole rings is 1. The summed E-state index contributed by atoms with van der Waals surface area (Å²) in [4.78, 5) is 25.2. The van der Waals surface area contributed by atoms with Crippen LogP contribution >= 0.6 is 23.1 Å². The molecule has 2 rings (SSSR count). The van der Waals surface area contributed by atoms with E-state index in [1.165, 1.54) is 17.4 Å². The van der Waals surface area contributed by atoms with Gasteiger partial charge < -0.3 is 5.11 Å². The summed E-state index contributed by atoms with van der Waals surface area (Å²) >= 11 is 2.46. The smallest absolute Gasteiger partial charge is 0.313 e. The third-order valence-corrected chi connectivity index (χ3v) is 4.51. The van der Waals surface area contributed by atoms with Crippen LogP contribution in [0.3, 0.4) is 0 Å². The van der Waals surface area contributed by atoms with Crippen molar-refractivity contribution >= 4 is 34.8 Å². The van der Waals surface area contributed by atoms with Gasteiger partial charge in [0, 0.05) is 22.6 Å². The first kappa shape index (κ1) is 14.5. The number of carbonyl (C=O) groups is 1. The number of rotatable bonds is 5. The quantitative estimate of drug-likeness (QED) is 0.518. The average molecular weight is 310 g/mol. The zero-order chi connectivity index (χ0) is 14.7. The molecular formula is C12H10N2O4S2. The zero-order valence-corrected chi connectivity index (χ0v) is 12.0. The highest BCUT2D eigenvalue weighted by Crippen LogP contribution is 2.31. The Morgan fingerprint density at radius 2 is 2.30 bits per heavy atom. The lowest BCUT2D eigenvalue weighted by molar-refractivity contribution is -0.385. The van der Waals surface area contributed by atoms with Crippen LogP contribution in [0.1, 0.15) is 5.56 Å². The van der Waals surface area contributed by atoms with Crippen molar-refractivity contribution in [2.45, 2.75) is 11.3 Å². The molecule has 1 N–H and O–H groups in total. The summed E-state index contributed by atoms with van der Waals surface area (Å²) in [5.41, 5.74) is 1.91. The summed E-state index contributed by atoms with van der Waals surface area (Å²) in [6, 6.07) is 4.93. The Labute approximate surface area is 122 Å². The van der Waals surface area contributed by atoms with E-state index in [1.54, 1.807) is 24.4 Å². The molecule has 6 nitrogen and oxygen atoms in total. The van der Waals surface area contributed by atoms with Gasteiger partial charge in [-0.05, 0) is 6.92 Å². The molecule has 0 spiro atoms. The number of nitrogens with zero attached hydrogens (tertiary/aromatic N) is 2. The van der Waals surface area contributed by atoms with E-state index in [0.717, 1.165) is 11.8 Å². The number of nitro benzene ring substituents is 1. The molecule has 0 saturated carbocycles. The van der Waals surface area contributed by atoms with Crippen LogP contribution in [0.2, 0.25) is 0 Å². The first-order valence-corrected chi connectivity index (χ1v) is 7.39. The Morgan fingerprint density at radius 1 is 1.55 bits per heavy atom. The summed E-state index contributed by atoms with van der Waals surface area (Å²) in [6.45, 7) is 1.68. The van der Waals surface area contributed by atoms with Crippen molar-refractivity contribution in [2.24, 2.45) is 0 Å². The maximum atomic E-state index is 10.9. The van der Waals surface area contributed by atoms with E-state index < -0.39 is 10.9 Å². The first-order chi connectivity index (χ1) is 9.47. The van der Waals surface area contributed by atoms with E-state index in [9.17, 15) is 14.9 Å². The van der Waals surface area contributed by atoms with Crippen molar-refractivity contribution < 1.29 is 14.8 Å². The summed E-state index contributed by atoms with van der Waals surface area (Å²) in [7, 11) is 0. The Balaban J connectivity index is 2.26. The van der Waals surface area contributed by atoms with Gasteiger partial charge in [0.25, 0.3) is 5.69 Å². The molecule has 1 aromatic heterocycles. The lowest BCUT2D eigenvalue weighted by Crippen LogP contribution is -1.97. The fourth-order valence-electron chi connectivity index (χ4n) is 1.55. The standard InChI is InChI=1S/C12H10N2O4S2/c1-7-2-3-8(4-10(7)14(17)18)9-5-19-12(13-9)20-6-11(15)16/h2-5H,6H2,1H3,(H,15,16). The molecule has 0 bridgehead atoms. The van der Waals surface area contributed by atoms with Gasteiger partial charge in [0.05, 0.1) is 16.4 Å². The SMILES string of the molecule is Cc1ccc(-c2csc(SCC(=O)O)n2)cc1[N+](=O)[O-]. The van der Waals surface area contributed by atoms with Crippen molar-refractivity contribution in [1.82, 2.24) is 4.98 Å². The number of carboxylic acids is 1. The van der Waals surface area contributed by atoms with Crippen LogP contribution in [-0.4, -0.2) is 26.7 Å². The van der Waals surface area contributed by atoms with Gasteiger partial charge in [0.15, 0.2) is 4.34 Å². The number of aliphatic carboxylic acids is 1. The minimum absolute atomic E-state index is 0.0511. The number of aromatic nitrogens is 1. The summed E-state index contributed by atoms with van der Waals surface area (Å²) in [6.07, 6.45) is 0. The van der Waals surface area contributed by atoms with Gasteiger partial charge in [-0.25, -0.2) is 4.98 Å². The highest BCUT2D eigenvalue weighted by Gasteiger charge is 2.14. The second kappa shape index (κ2) is 6.02. The second-order valence-corrected chi connectivity index (χ2v) is 6.02. The lowest BCUT2D eigenvalue weighted by atomic mass is 10.1. The van der Waals surface area contributed by atoms with E-state index >= 15 is 0 Å². The number of benzene rings is 1. The van der Waals surface area contributed by atoms with Crippen LogP contribution < -0.4 is 0 Å². The molecule has 0 amide bonds. The van der Waals surface area contributed by atoms with E-state index in [-0.39, 0.29) is 11.4 Å². The minimum Gasteiger partial charge on any atom is -0.481 e. The number of thioether (sulfide) groups is 1. The van der Waals surface area contributed by atoms with Crippen LogP contribution in [0.25, 0.3) is 11.3 Å². The van der Waals surface area contributed by atoms with Crippen LogP contribution in [-0.2, 0) is 4.79 Å². The van der Waals surface area contributed by atoms with Crippen molar-refractivity contribution in [2.75, 3.05) is 5.75 Å². The predicted octanol–water partition coefficient (Wildman–Crippen LogP) is 3.20. The molecule has 104 valence electrons. The largest absolute Gasteiger partial charge is 0.481 e. The van der Waals surface area contributed by atoms with E-state index in [4.69, 9.17) is 5.11 Å². The topological polar surface area (TPSA) is 93.3 Å². The van der Waals surface area contributed by atoms with E-state index in [0.29, 0.717) is 21.2 Å². The Morgan fingerprint density at radius 3 is 2.95 bits per heavy atom. The number of carboxylic acid groups (broad SMARTS) is 1. The number of hydrogen-bond donors (Lipinski definition) is 1. The van der Waals surface area contributed by atoms with E-state index in [2.05, 4.69) is 4.98 Å². The minimum atomic E-state index is -0.905. The molecule has 1 heterocycles. The lowest BCUT2D eigenvalue weighted by Gasteiger charge is -2.00. The van der Waals surface area contributed by atoms with Crippen LogP contribution in [0, 0.1) is 17.0 Å². The maximum absolute atomic E-state index is 10.9. The van der Waals surface area contributed by atoms with Crippen LogP contribution in [0.5, 0.6) is 0 Å². The highest BCUT2D eigenvalue weighted by atomic mass is 32.2. The number of aryl methyl sites for hydroxylation is 1. The summed E-state index contributed by atoms with van der Waals surface area (Å²) in [5, 5.41) is 21.3. The normalized spacial score (nSPS) is 10.4. The van der Waals surface area contributed by atoms with E-state index in [1.807, 2.05) is 0 Å². The third-order valence-electron chi connectivity index (χ3n) is 2.50. The van der Waals surface area contributed by atoms with Gasteiger partial charge in [-0.2, -0.15) is 0 Å². The molecular weight excluding hydrogens is 300 g/mol. The molecule has 1 aromatic carbocycles. The molecule has 0 radical (unpaired) electrons. The van der Waals surface area contributed by atoms with Crippen LogP contribution in [0.15, 0.2) is 27.9 Å². The Kier molecular flexibility index (Phi) is 4.35. The first-order valence-electron chi connectivity index (χ1n) is 5.53. The van der Waals surface area contributed by atoms with Crippen molar-refractivity contribution in [3.8, 4) is 11.3 Å². The van der Waals surface area contributed by atoms with Gasteiger partial charge >= 0.3 is 5.97 Å². The fourth-order valence-corrected chi connectivity index (χ4v) is 3.10. The van der Waals surface area contributed by atoms with Crippen molar-refractivity contribution in [3.63, 3.8) is 0 Å². The highest BCUT2D eigenvalue weighted by molar-refractivity contribution is 8.01. The van der Waals surface area contributed by atoms with Gasteiger partial charge in [0.2, 0.25) is 0 Å². The van der Waals surface area contributed by atoms with Gasteiger partial charge in [-0.3, -0.25) is 14.9 Å². The van der Waals surface area contributed by atoms with Crippen LogP contribution in [0.4, 0.5) is 5.69 Å². The van der Waals surface area contributed by atoms with Crippen molar-refractivity contribution in [1.29, 1.82) is 0 Å². The number of nitro groups is 1. The molecule has 0 atom stereocenters. The molecule has 20 heavy (non-hydrogen) atoms. The number of hydrogen-bond acceptors (Lipinski definition) is 6. The Bertz CT molecular complexity index is 669. The van der Waals surface area contributed by atoms with Crippen molar-refractivity contribution in [3.05, 3.63) is 39.3 Å².